The first-order valence-electron chi connectivity index (χ1n) is 7.22. The third kappa shape index (κ3) is 3.68. The minimum absolute atomic E-state index is 0.0950. The highest BCUT2D eigenvalue weighted by Crippen LogP contribution is 2.21. The van der Waals surface area contributed by atoms with Crippen molar-refractivity contribution in [1.29, 1.82) is 0 Å². The van der Waals surface area contributed by atoms with Crippen LogP contribution in [0, 0.1) is 6.92 Å². The Balaban J connectivity index is 1.78. The normalized spacial score (nSPS) is 15.4. The van der Waals surface area contributed by atoms with Crippen molar-refractivity contribution < 1.29 is 8.42 Å². The molecule has 0 saturated heterocycles. The zero-order valence-corrected chi connectivity index (χ0v) is 14.5. The van der Waals surface area contributed by atoms with E-state index in [0.29, 0.717) is 18.1 Å². The molecule has 0 fully saturated rings. The molecule has 0 unspecified atom stereocenters. The van der Waals surface area contributed by atoms with Crippen molar-refractivity contribution in [2.24, 2.45) is 0 Å². The van der Waals surface area contributed by atoms with E-state index >= 15 is 0 Å². The molecule has 3 heterocycles. The van der Waals surface area contributed by atoms with Gasteiger partial charge < -0.3 is 0 Å². The lowest BCUT2D eigenvalue weighted by atomic mass is 10.1. The van der Waals surface area contributed by atoms with E-state index in [4.69, 9.17) is 11.6 Å². The van der Waals surface area contributed by atoms with E-state index < -0.39 is 9.84 Å². The largest absolute Gasteiger partial charge is 0.294 e. The van der Waals surface area contributed by atoms with Gasteiger partial charge in [0, 0.05) is 49.8 Å². The number of pyridine rings is 1. The van der Waals surface area contributed by atoms with Crippen LogP contribution in [0.15, 0.2) is 23.5 Å². The second kappa shape index (κ2) is 6.14. The number of hydrogen-bond acceptors (Lipinski definition) is 6. The quantitative estimate of drug-likeness (QED) is 0.619. The number of aromatic nitrogens is 3. The number of sulfone groups is 1. The number of aryl methyl sites for hydroxylation is 1. The molecular weight excluding hydrogens is 336 g/mol. The Kier molecular flexibility index (Phi) is 4.35. The highest BCUT2D eigenvalue weighted by Gasteiger charge is 2.21. The highest BCUT2D eigenvalue weighted by atomic mass is 35.5. The Hall–Kier alpha value is -1.57. The maximum absolute atomic E-state index is 11.5. The van der Waals surface area contributed by atoms with Crippen molar-refractivity contribution in [1.82, 2.24) is 19.9 Å². The number of hydrogen-bond donors (Lipinski definition) is 0. The van der Waals surface area contributed by atoms with Gasteiger partial charge in [-0.25, -0.2) is 23.4 Å². The molecule has 0 bridgehead atoms. The van der Waals surface area contributed by atoms with E-state index in [1.165, 1.54) is 0 Å². The molecular formula is C15H17ClN4O2S. The standard InChI is InChI=1S/C15H17ClN4O2S/c1-10-11(3-4-14(16)18-10)8-20-6-5-13-12(9-20)7-17-15(19-13)23(2,21)22/h3-4,7H,5-6,8-9H2,1-2H3. The van der Waals surface area contributed by atoms with E-state index in [1.807, 2.05) is 13.0 Å². The molecule has 0 saturated carbocycles. The fourth-order valence-corrected chi connectivity index (χ4v) is 3.35. The average molecular weight is 353 g/mol. The minimum Gasteiger partial charge on any atom is -0.294 e. The van der Waals surface area contributed by atoms with Crippen LogP contribution in [-0.2, 0) is 29.3 Å². The van der Waals surface area contributed by atoms with Gasteiger partial charge in [-0.1, -0.05) is 17.7 Å². The van der Waals surface area contributed by atoms with Crippen LogP contribution in [0.1, 0.15) is 22.5 Å². The highest BCUT2D eigenvalue weighted by molar-refractivity contribution is 7.90. The van der Waals surface area contributed by atoms with Crippen LogP contribution < -0.4 is 0 Å². The third-order valence-corrected chi connectivity index (χ3v) is 4.95. The molecule has 2 aromatic heterocycles. The predicted octanol–water partition coefficient (Wildman–Crippen LogP) is 1.80. The van der Waals surface area contributed by atoms with Gasteiger partial charge in [0.25, 0.3) is 0 Å². The molecule has 0 atom stereocenters. The topological polar surface area (TPSA) is 76.1 Å². The zero-order valence-electron chi connectivity index (χ0n) is 13.0. The maximum atomic E-state index is 11.5. The van der Waals surface area contributed by atoms with Crippen molar-refractivity contribution in [2.45, 2.75) is 31.6 Å². The van der Waals surface area contributed by atoms with Gasteiger partial charge in [-0.05, 0) is 18.6 Å². The molecule has 0 radical (unpaired) electrons. The van der Waals surface area contributed by atoms with Gasteiger partial charge in [0.15, 0.2) is 0 Å². The monoisotopic (exact) mass is 352 g/mol. The summed E-state index contributed by atoms with van der Waals surface area (Å²) < 4.78 is 23.1. The first-order valence-corrected chi connectivity index (χ1v) is 9.49. The zero-order chi connectivity index (χ0) is 16.6. The van der Waals surface area contributed by atoms with E-state index in [0.717, 1.165) is 41.9 Å². The van der Waals surface area contributed by atoms with E-state index in [1.54, 1.807) is 12.3 Å². The van der Waals surface area contributed by atoms with Crippen molar-refractivity contribution in [3.63, 3.8) is 0 Å². The van der Waals surface area contributed by atoms with E-state index in [2.05, 4.69) is 19.9 Å². The molecule has 23 heavy (non-hydrogen) atoms. The minimum atomic E-state index is -3.36. The average Bonchev–Trinajstić information content (AvgIpc) is 2.48. The summed E-state index contributed by atoms with van der Waals surface area (Å²) in [6.45, 7) is 4.22. The van der Waals surface area contributed by atoms with Crippen molar-refractivity contribution >= 4 is 21.4 Å². The van der Waals surface area contributed by atoms with Crippen LogP contribution >= 0.6 is 11.6 Å². The Morgan fingerprint density at radius 1 is 1.30 bits per heavy atom. The fourth-order valence-electron chi connectivity index (χ4n) is 2.64. The van der Waals surface area contributed by atoms with E-state index in [-0.39, 0.29) is 5.16 Å². The molecule has 8 heteroatoms. The van der Waals surface area contributed by atoms with E-state index in [9.17, 15) is 8.42 Å². The van der Waals surface area contributed by atoms with Crippen LogP contribution in [0.2, 0.25) is 5.15 Å². The van der Waals surface area contributed by atoms with Gasteiger partial charge in [-0.2, -0.15) is 0 Å². The van der Waals surface area contributed by atoms with Gasteiger partial charge in [-0.3, -0.25) is 4.90 Å². The van der Waals surface area contributed by atoms with Crippen molar-refractivity contribution in [3.8, 4) is 0 Å². The summed E-state index contributed by atoms with van der Waals surface area (Å²) in [5.41, 5.74) is 3.85. The lowest BCUT2D eigenvalue weighted by Gasteiger charge is -2.28. The Morgan fingerprint density at radius 3 is 2.78 bits per heavy atom. The number of fused-ring (bicyclic) bond motifs is 1. The van der Waals surface area contributed by atoms with Crippen LogP contribution in [0.4, 0.5) is 0 Å². The second-order valence-electron chi connectivity index (χ2n) is 5.74. The first-order chi connectivity index (χ1) is 10.8. The molecule has 3 rings (SSSR count). The lowest BCUT2D eigenvalue weighted by Crippen LogP contribution is -2.31. The summed E-state index contributed by atoms with van der Waals surface area (Å²) in [5, 5.41) is 0.402. The predicted molar refractivity (Wildman–Crippen MR) is 86.9 cm³/mol. The van der Waals surface area contributed by atoms with Crippen LogP contribution in [0.5, 0.6) is 0 Å². The molecule has 1 aliphatic heterocycles. The molecule has 122 valence electrons. The Labute approximate surface area is 140 Å². The SMILES string of the molecule is Cc1nc(Cl)ccc1CN1CCc2nc(S(C)(=O)=O)ncc2C1. The maximum Gasteiger partial charge on any atom is 0.246 e. The molecule has 0 spiro atoms. The molecule has 0 N–H and O–H groups in total. The van der Waals surface area contributed by atoms with Crippen LogP contribution in [0.3, 0.4) is 0 Å². The summed E-state index contributed by atoms with van der Waals surface area (Å²) in [5.74, 6) is 0. The fraction of sp³-hybridized carbons (Fsp3) is 0.400. The van der Waals surface area contributed by atoms with Crippen LogP contribution in [-0.4, -0.2) is 41.1 Å². The summed E-state index contributed by atoms with van der Waals surface area (Å²) >= 11 is 5.89. The van der Waals surface area contributed by atoms with Gasteiger partial charge in [0.2, 0.25) is 15.0 Å². The number of nitrogens with zero attached hydrogens (tertiary/aromatic N) is 4. The van der Waals surface area contributed by atoms with Gasteiger partial charge in [0.1, 0.15) is 5.15 Å². The molecule has 0 aromatic carbocycles. The van der Waals surface area contributed by atoms with Gasteiger partial charge in [-0.15, -0.1) is 0 Å². The molecule has 1 aliphatic rings. The Morgan fingerprint density at radius 2 is 2.09 bits per heavy atom. The van der Waals surface area contributed by atoms with Crippen LogP contribution in [0.25, 0.3) is 0 Å². The second-order valence-corrected chi connectivity index (χ2v) is 8.03. The van der Waals surface area contributed by atoms with Gasteiger partial charge >= 0.3 is 0 Å². The first kappa shape index (κ1) is 16.3. The lowest BCUT2D eigenvalue weighted by molar-refractivity contribution is 0.241. The summed E-state index contributed by atoms with van der Waals surface area (Å²) in [6, 6.07) is 3.78. The molecule has 0 aliphatic carbocycles. The van der Waals surface area contributed by atoms with Crippen molar-refractivity contribution in [2.75, 3.05) is 12.8 Å². The molecule has 0 amide bonds. The summed E-state index contributed by atoms with van der Waals surface area (Å²) in [7, 11) is -3.36. The molecule has 6 nitrogen and oxygen atoms in total. The summed E-state index contributed by atoms with van der Waals surface area (Å²) in [6.07, 6.45) is 3.46. The van der Waals surface area contributed by atoms with Crippen molar-refractivity contribution in [3.05, 3.63) is 46.0 Å². The number of rotatable bonds is 3. The third-order valence-electron chi connectivity index (χ3n) is 3.88. The summed E-state index contributed by atoms with van der Waals surface area (Å²) in [4.78, 5) is 14.7. The Bertz CT molecular complexity index is 855. The number of halogens is 1. The molecule has 2 aromatic rings. The smallest absolute Gasteiger partial charge is 0.246 e. The van der Waals surface area contributed by atoms with Gasteiger partial charge in [0.05, 0.1) is 5.69 Å².